The molecule has 0 spiro atoms. The highest BCUT2D eigenvalue weighted by Crippen LogP contribution is 2.20. The van der Waals surface area contributed by atoms with Gasteiger partial charge in [-0.15, -0.1) is 0 Å². The molecule has 0 unspecified atom stereocenters. The SMILES string of the molecule is Cc1cccc(NS(=O)(=O)c2ccc(NC(=O)c3ccc(CN4CCCC4=O)cc3)cc2)c1. The molecule has 3 aromatic rings. The molecule has 0 saturated carbocycles. The number of carbonyl (C=O) groups excluding carboxylic acids is 2. The second-order valence-electron chi connectivity index (χ2n) is 8.07. The van der Waals surface area contributed by atoms with Crippen molar-refractivity contribution < 1.29 is 18.0 Å². The van der Waals surface area contributed by atoms with Crippen molar-refractivity contribution in [2.24, 2.45) is 0 Å². The number of aryl methyl sites for hydroxylation is 1. The van der Waals surface area contributed by atoms with Crippen LogP contribution in [0.5, 0.6) is 0 Å². The summed E-state index contributed by atoms with van der Waals surface area (Å²) in [6.07, 6.45) is 1.49. The lowest BCUT2D eigenvalue weighted by Crippen LogP contribution is -2.23. The van der Waals surface area contributed by atoms with Gasteiger partial charge >= 0.3 is 0 Å². The van der Waals surface area contributed by atoms with Crippen LogP contribution >= 0.6 is 0 Å². The second kappa shape index (κ2) is 9.46. The summed E-state index contributed by atoms with van der Waals surface area (Å²) in [5, 5.41) is 2.77. The van der Waals surface area contributed by atoms with Crippen molar-refractivity contribution >= 4 is 33.2 Å². The first kappa shape index (κ1) is 22.5. The molecular formula is C25H25N3O4S. The minimum Gasteiger partial charge on any atom is -0.338 e. The zero-order valence-electron chi connectivity index (χ0n) is 18.2. The molecule has 1 saturated heterocycles. The van der Waals surface area contributed by atoms with Crippen molar-refractivity contribution in [2.45, 2.75) is 31.2 Å². The fourth-order valence-electron chi connectivity index (χ4n) is 3.70. The average molecular weight is 464 g/mol. The van der Waals surface area contributed by atoms with Crippen LogP contribution in [0.3, 0.4) is 0 Å². The normalized spacial score (nSPS) is 13.7. The van der Waals surface area contributed by atoms with Crippen LogP contribution in [0.1, 0.15) is 34.3 Å². The lowest BCUT2D eigenvalue weighted by molar-refractivity contribution is -0.128. The topological polar surface area (TPSA) is 95.6 Å². The summed E-state index contributed by atoms with van der Waals surface area (Å²) in [5.74, 6) is -0.136. The van der Waals surface area contributed by atoms with Gasteiger partial charge in [-0.05, 0) is 73.0 Å². The number of carbonyl (C=O) groups is 2. The lowest BCUT2D eigenvalue weighted by atomic mass is 10.1. The fourth-order valence-corrected chi connectivity index (χ4v) is 4.75. The fraction of sp³-hybridized carbons (Fsp3) is 0.200. The number of nitrogens with zero attached hydrogens (tertiary/aromatic N) is 1. The Labute approximate surface area is 193 Å². The van der Waals surface area contributed by atoms with Gasteiger partial charge in [-0.2, -0.15) is 0 Å². The van der Waals surface area contributed by atoms with Crippen molar-refractivity contribution in [3.05, 3.63) is 89.5 Å². The molecule has 2 N–H and O–H groups in total. The Morgan fingerprint density at radius 3 is 2.33 bits per heavy atom. The summed E-state index contributed by atoms with van der Waals surface area (Å²) in [5.41, 5.74) is 3.37. The number of rotatable bonds is 7. The zero-order valence-corrected chi connectivity index (χ0v) is 19.1. The smallest absolute Gasteiger partial charge is 0.261 e. The van der Waals surface area contributed by atoms with Gasteiger partial charge in [0.25, 0.3) is 15.9 Å². The molecular weight excluding hydrogens is 438 g/mol. The van der Waals surface area contributed by atoms with Gasteiger partial charge in [-0.25, -0.2) is 8.42 Å². The first-order valence-electron chi connectivity index (χ1n) is 10.7. The highest BCUT2D eigenvalue weighted by atomic mass is 32.2. The summed E-state index contributed by atoms with van der Waals surface area (Å²) in [6, 6.07) is 20.2. The van der Waals surface area contributed by atoms with E-state index in [9.17, 15) is 18.0 Å². The molecule has 0 bridgehead atoms. The van der Waals surface area contributed by atoms with Crippen LogP contribution < -0.4 is 10.0 Å². The third-order valence-electron chi connectivity index (χ3n) is 5.45. The van der Waals surface area contributed by atoms with Gasteiger partial charge in [0.15, 0.2) is 0 Å². The van der Waals surface area contributed by atoms with Crippen molar-refractivity contribution in [1.82, 2.24) is 4.90 Å². The van der Waals surface area contributed by atoms with Crippen molar-refractivity contribution in [2.75, 3.05) is 16.6 Å². The van der Waals surface area contributed by atoms with Crippen LogP contribution in [-0.4, -0.2) is 31.7 Å². The number of hydrogen-bond acceptors (Lipinski definition) is 4. The summed E-state index contributed by atoms with van der Waals surface area (Å²) in [7, 11) is -3.74. The maximum absolute atomic E-state index is 12.6. The van der Waals surface area contributed by atoms with Crippen LogP contribution in [-0.2, 0) is 21.4 Å². The monoisotopic (exact) mass is 463 g/mol. The Kier molecular flexibility index (Phi) is 6.46. The van der Waals surface area contributed by atoms with E-state index in [1.165, 1.54) is 12.1 Å². The maximum atomic E-state index is 12.6. The Morgan fingerprint density at radius 1 is 0.970 bits per heavy atom. The molecule has 3 aromatic carbocycles. The molecule has 7 nitrogen and oxygen atoms in total. The standard InChI is InChI=1S/C25H25N3O4S/c1-18-4-2-5-22(16-18)27-33(31,32)23-13-11-21(12-14-23)26-25(30)20-9-7-19(8-10-20)17-28-15-3-6-24(28)29/h2,4-5,7-14,16,27H,3,6,15,17H2,1H3,(H,26,30). The molecule has 8 heteroatoms. The number of hydrogen-bond donors (Lipinski definition) is 2. The van der Waals surface area contributed by atoms with Crippen molar-refractivity contribution in [3.8, 4) is 0 Å². The zero-order chi connectivity index (χ0) is 23.4. The van der Waals surface area contributed by atoms with Crippen LogP contribution in [0.25, 0.3) is 0 Å². The predicted octanol–water partition coefficient (Wildman–Crippen LogP) is 4.17. The van der Waals surface area contributed by atoms with Gasteiger partial charge in [0.1, 0.15) is 0 Å². The molecule has 170 valence electrons. The van der Waals surface area contributed by atoms with E-state index in [-0.39, 0.29) is 16.7 Å². The number of benzene rings is 3. The Balaban J connectivity index is 1.38. The van der Waals surface area contributed by atoms with Gasteiger partial charge in [0.2, 0.25) is 5.91 Å². The number of amides is 2. The highest BCUT2D eigenvalue weighted by molar-refractivity contribution is 7.92. The quantitative estimate of drug-likeness (QED) is 0.550. The minimum absolute atomic E-state index is 0.0998. The summed E-state index contributed by atoms with van der Waals surface area (Å²) in [4.78, 5) is 26.3. The molecule has 2 amide bonds. The highest BCUT2D eigenvalue weighted by Gasteiger charge is 2.20. The summed E-state index contributed by atoms with van der Waals surface area (Å²) in [6.45, 7) is 3.21. The Hall–Kier alpha value is -3.65. The third kappa shape index (κ3) is 5.59. The maximum Gasteiger partial charge on any atom is 0.261 e. The largest absolute Gasteiger partial charge is 0.338 e. The Bertz CT molecular complexity index is 1270. The Morgan fingerprint density at radius 2 is 1.70 bits per heavy atom. The van der Waals surface area contributed by atoms with Gasteiger partial charge in [-0.3, -0.25) is 14.3 Å². The van der Waals surface area contributed by atoms with Crippen LogP contribution in [0.2, 0.25) is 0 Å². The third-order valence-corrected chi connectivity index (χ3v) is 6.85. The molecule has 0 aromatic heterocycles. The van der Waals surface area contributed by atoms with Crippen LogP contribution in [0.15, 0.2) is 77.7 Å². The van der Waals surface area contributed by atoms with Crippen molar-refractivity contribution in [3.63, 3.8) is 0 Å². The molecule has 1 heterocycles. The van der Waals surface area contributed by atoms with Gasteiger partial charge < -0.3 is 10.2 Å². The molecule has 0 radical (unpaired) electrons. The molecule has 1 fully saturated rings. The number of nitrogens with one attached hydrogen (secondary N) is 2. The van der Waals surface area contributed by atoms with E-state index in [1.807, 2.05) is 30.0 Å². The predicted molar refractivity (Wildman–Crippen MR) is 127 cm³/mol. The van der Waals surface area contributed by atoms with E-state index in [4.69, 9.17) is 0 Å². The van der Waals surface area contributed by atoms with E-state index in [0.29, 0.717) is 29.9 Å². The second-order valence-corrected chi connectivity index (χ2v) is 9.75. The average Bonchev–Trinajstić information content (AvgIpc) is 3.18. The van der Waals surface area contributed by atoms with E-state index >= 15 is 0 Å². The first-order valence-corrected chi connectivity index (χ1v) is 12.2. The molecule has 4 rings (SSSR count). The minimum atomic E-state index is -3.74. The van der Waals surface area contributed by atoms with Gasteiger partial charge in [0.05, 0.1) is 4.90 Å². The first-order chi connectivity index (χ1) is 15.8. The number of sulfonamides is 1. The number of likely N-dealkylation sites (tertiary alicyclic amines) is 1. The van der Waals surface area contributed by atoms with E-state index in [1.54, 1.807) is 42.5 Å². The molecule has 0 aliphatic carbocycles. The van der Waals surface area contributed by atoms with Crippen LogP contribution in [0.4, 0.5) is 11.4 Å². The van der Waals surface area contributed by atoms with E-state index < -0.39 is 10.0 Å². The summed E-state index contributed by atoms with van der Waals surface area (Å²) >= 11 is 0. The lowest BCUT2D eigenvalue weighted by Gasteiger charge is -2.15. The molecule has 0 atom stereocenters. The number of anilines is 2. The van der Waals surface area contributed by atoms with Gasteiger partial charge in [0, 0.05) is 36.4 Å². The van der Waals surface area contributed by atoms with Crippen LogP contribution in [0, 0.1) is 6.92 Å². The summed E-state index contributed by atoms with van der Waals surface area (Å²) < 4.78 is 27.8. The van der Waals surface area contributed by atoms with E-state index in [2.05, 4.69) is 10.0 Å². The molecule has 33 heavy (non-hydrogen) atoms. The van der Waals surface area contributed by atoms with E-state index in [0.717, 1.165) is 24.1 Å². The molecule has 1 aliphatic heterocycles. The van der Waals surface area contributed by atoms with Crippen molar-refractivity contribution in [1.29, 1.82) is 0 Å². The van der Waals surface area contributed by atoms with Gasteiger partial charge in [-0.1, -0.05) is 24.3 Å². The molecule has 1 aliphatic rings.